The van der Waals surface area contributed by atoms with Crippen LogP contribution in [0.3, 0.4) is 0 Å². The fourth-order valence-electron chi connectivity index (χ4n) is 4.10. The van der Waals surface area contributed by atoms with Gasteiger partial charge in [0.15, 0.2) is 6.29 Å². The first-order valence-electron chi connectivity index (χ1n) is 12.8. The molecule has 1 amide bonds. The highest BCUT2D eigenvalue weighted by atomic mass is 16.7. The Morgan fingerprint density at radius 2 is 1.86 bits per heavy atom. The second-order valence-corrected chi connectivity index (χ2v) is 11.5. The predicted molar refractivity (Wildman–Crippen MR) is 138 cm³/mol. The fourth-order valence-corrected chi connectivity index (χ4v) is 4.10. The zero-order valence-corrected chi connectivity index (χ0v) is 22.9. The van der Waals surface area contributed by atoms with E-state index in [4.69, 9.17) is 18.9 Å². The third-order valence-corrected chi connectivity index (χ3v) is 6.02. The molecule has 0 spiro atoms. The maximum absolute atomic E-state index is 12.2. The van der Waals surface area contributed by atoms with Crippen LogP contribution in [0.25, 0.3) is 0 Å². The van der Waals surface area contributed by atoms with Crippen LogP contribution in [0.1, 0.15) is 67.7 Å². The number of hydrogen-bond acceptors (Lipinski definition) is 7. The third kappa shape index (κ3) is 10.9. The number of carbonyl (C=O) groups is 2. The Balaban J connectivity index is 1.71. The molecule has 204 valence electrons. The van der Waals surface area contributed by atoms with Crippen molar-refractivity contribution in [3.63, 3.8) is 0 Å². The average Bonchev–Trinajstić information content (AvgIpc) is 2.79. The van der Waals surface area contributed by atoms with Gasteiger partial charge in [-0.05, 0) is 73.3 Å². The molecular formula is C28H45NO7. The molecule has 2 aliphatic heterocycles. The van der Waals surface area contributed by atoms with Crippen LogP contribution in [-0.2, 0) is 28.5 Å². The summed E-state index contributed by atoms with van der Waals surface area (Å²) in [7, 11) is 0. The summed E-state index contributed by atoms with van der Waals surface area (Å²) in [6.45, 7) is 14.1. The molecule has 8 heteroatoms. The number of rotatable bonds is 9. The standard InChI is InChI=1S/C28H45NO7/c1-19(8-11-23-14-21(16-30)15-28(6,7)36-23)9-13-25-33-17-22(18-34-25)29-24(31)12-10-20(2)35-26(32)27(3,4)5/h8-12,20-23,25,30H,13-18H2,1-7H3,(H,29,31)/b11-8+,12-10-,19-9+/t20-,21?,22?,23+,25?/m0/s1. The highest BCUT2D eigenvalue weighted by molar-refractivity contribution is 5.87. The number of carbonyl (C=O) groups excluding carboxylic acids is 2. The largest absolute Gasteiger partial charge is 0.458 e. The number of esters is 1. The van der Waals surface area contributed by atoms with Crippen molar-refractivity contribution in [3.05, 3.63) is 36.0 Å². The van der Waals surface area contributed by atoms with Crippen LogP contribution in [0.5, 0.6) is 0 Å². The van der Waals surface area contributed by atoms with Crippen molar-refractivity contribution in [2.24, 2.45) is 11.3 Å². The molecule has 0 aromatic heterocycles. The van der Waals surface area contributed by atoms with E-state index < -0.39 is 11.5 Å². The predicted octanol–water partition coefficient (Wildman–Crippen LogP) is 3.84. The molecule has 0 aromatic rings. The molecule has 36 heavy (non-hydrogen) atoms. The molecule has 2 heterocycles. The maximum Gasteiger partial charge on any atom is 0.311 e. The summed E-state index contributed by atoms with van der Waals surface area (Å²) in [5, 5.41) is 12.4. The van der Waals surface area contributed by atoms with Gasteiger partial charge >= 0.3 is 5.97 Å². The summed E-state index contributed by atoms with van der Waals surface area (Å²) in [4.78, 5) is 24.1. The number of hydrogen-bond donors (Lipinski definition) is 2. The molecule has 2 fully saturated rings. The van der Waals surface area contributed by atoms with Crippen LogP contribution in [0.15, 0.2) is 36.0 Å². The van der Waals surface area contributed by atoms with Gasteiger partial charge in [0.2, 0.25) is 5.91 Å². The van der Waals surface area contributed by atoms with Crippen molar-refractivity contribution in [1.82, 2.24) is 5.32 Å². The minimum absolute atomic E-state index is 0.0108. The fraction of sp³-hybridized carbons (Fsp3) is 0.714. The summed E-state index contributed by atoms with van der Waals surface area (Å²) in [5.74, 6) is -0.349. The summed E-state index contributed by atoms with van der Waals surface area (Å²) in [5.41, 5.74) is 0.255. The van der Waals surface area contributed by atoms with Gasteiger partial charge in [0.25, 0.3) is 0 Å². The Labute approximate surface area is 216 Å². The van der Waals surface area contributed by atoms with Gasteiger partial charge in [0.1, 0.15) is 6.10 Å². The van der Waals surface area contributed by atoms with E-state index in [1.165, 1.54) is 6.08 Å². The van der Waals surface area contributed by atoms with Crippen LogP contribution in [0.4, 0.5) is 0 Å². The lowest BCUT2D eigenvalue weighted by molar-refractivity contribution is -0.187. The molecule has 2 N–H and O–H groups in total. The van der Waals surface area contributed by atoms with E-state index in [-0.39, 0.29) is 48.4 Å². The quantitative estimate of drug-likeness (QED) is 0.278. The Bertz CT molecular complexity index is 816. The van der Waals surface area contributed by atoms with Crippen LogP contribution in [0.2, 0.25) is 0 Å². The number of aliphatic hydroxyl groups excluding tert-OH is 1. The molecule has 2 aliphatic rings. The minimum atomic E-state index is -0.591. The molecule has 0 aromatic carbocycles. The van der Waals surface area contributed by atoms with E-state index >= 15 is 0 Å². The van der Waals surface area contributed by atoms with Crippen LogP contribution >= 0.6 is 0 Å². The van der Waals surface area contributed by atoms with Gasteiger partial charge in [-0.25, -0.2) is 0 Å². The second-order valence-electron chi connectivity index (χ2n) is 11.5. The summed E-state index contributed by atoms with van der Waals surface area (Å²) in [6, 6.07) is -0.248. The average molecular weight is 508 g/mol. The van der Waals surface area contributed by atoms with E-state index in [0.717, 1.165) is 18.4 Å². The van der Waals surface area contributed by atoms with Gasteiger partial charge in [0, 0.05) is 19.1 Å². The van der Waals surface area contributed by atoms with Crippen molar-refractivity contribution in [2.75, 3.05) is 19.8 Å². The minimum Gasteiger partial charge on any atom is -0.458 e. The van der Waals surface area contributed by atoms with Gasteiger partial charge in [-0.15, -0.1) is 0 Å². The van der Waals surface area contributed by atoms with E-state index in [2.05, 4.69) is 31.3 Å². The molecule has 2 saturated heterocycles. The summed E-state index contributed by atoms with van der Waals surface area (Å²) >= 11 is 0. The Hall–Kier alpha value is -2.00. The van der Waals surface area contributed by atoms with Crippen molar-refractivity contribution in [3.8, 4) is 0 Å². The van der Waals surface area contributed by atoms with E-state index in [0.29, 0.717) is 19.6 Å². The smallest absolute Gasteiger partial charge is 0.311 e. The highest BCUT2D eigenvalue weighted by Crippen LogP contribution is 2.32. The van der Waals surface area contributed by atoms with E-state index in [9.17, 15) is 14.7 Å². The molecule has 2 rings (SSSR count). The summed E-state index contributed by atoms with van der Waals surface area (Å²) in [6.07, 6.45) is 10.5. The van der Waals surface area contributed by atoms with Crippen molar-refractivity contribution in [2.45, 2.75) is 97.9 Å². The van der Waals surface area contributed by atoms with Gasteiger partial charge in [-0.3, -0.25) is 9.59 Å². The molecule has 0 aliphatic carbocycles. The number of nitrogens with one attached hydrogen (secondary N) is 1. The molecule has 3 atom stereocenters. The zero-order chi connectivity index (χ0) is 26.9. The molecule has 0 radical (unpaired) electrons. The highest BCUT2D eigenvalue weighted by Gasteiger charge is 2.33. The lowest BCUT2D eigenvalue weighted by atomic mass is 9.86. The van der Waals surface area contributed by atoms with Gasteiger partial charge in [0.05, 0.1) is 36.4 Å². The monoisotopic (exact) mass is 507 g/mol. The summed E-state index contributed by atoms with van der Waals surface area (Å²) < 4.78 is 22.9. The number of aliphatic hydroxyl groups is 1. The zero-order valence-electron chi connectivity index (χ0n) is 22.9. The van der Waals surface area contributed by atoms with Gasteiger partial charge in [-0.2, -0.15) is 0 Å². The SMILES string of the molecule is CC(/C=C/[C@@H]1CC(CO)CC(C)(C)O1)=C\CC1OCC(NC(=O)/C=C\[C@H](C)OC(=O)C(C)(C)C)CO1. The van der Waals surface area contributed by atoms with Crippen LogP contribution < -0.4 is 5.32 Å². The van der Waals surface area contributed by atoms with Crippen LogP contribution in [-0.4, -0.2) is 66.9 Å². The first-order valence-corrected chi connectivity index (χ1v) is 12.8. The number of ether oxygens (including phenoxy) is 4. The van der Waals surface area contributed by atoms with Crippen molar-refractivity contribution in [1.29, 1.82) is 0 Å². The molecular weight excluding hydrogens is 462 g/mol. The number of allylic oxidation sites excluding steroid dienone is 2. The topological polar surface area (TPSA) is 103 Å². The Morgan fingerprint density at radius 1 is 1.19 bits per heavy atom. The Morgan fingerprint density at radius 3 is 2.47 bits per heavy atom. The van der Waals surface area contributed by atoms with Crippen molar-refractivity contribution < 1.29 is 33.6 Å². The first kappa shape index (κ1) is 30.2. The van der Waals surface area contributed by atoms with Crippen LogP contribution in [0, 0.1) is 11.3 Å². The first-order chi connectivity index (χ1) is 16.8. The third-order valence-electron chi connectivity index (χ3n) is 6.02. The molecule has 0 saturated carbocycles. The normalized spacial score (nSPS) is 28.3. The second kappa shape index (κ2) is 13.5. The van der Waals surface area contributed by atoms with Gasteiger partial charge in [-0.1, -0.05) is 23.8 Å². The molecule has 1 unspecified atom stereocenters. The van der Waals surface area contributed by atoms with E-state index in [1.807, 2.05) is 13.0 Å². The Kier molecular flexibility index (Phi) is 11.3. The lowest BCUT2D eigenvalue weighted by Crippen LogP contribution is -2.46. The molecule has 0 bridgehead atoms. The van der Waals surface area contributed by atoms with Gasteiger partial charge < -0.3 is 29.4 Å². The van der Waals surface area contributed by atoms with E-state index in [1.54, 1.807) is 33.8 Å². The number of amides is 1. The lowest BCUT2D eigenvalue weighted by Gasteiger charge is -2.39. The maximum atomic E-state index is 12.2. The molecule has 8 nitrogen and oxygen atoms in total. The van der Waals surface area contributed by atoms with Crippen molar-refractivity contribution >= 4 is 11.9 Å².